The summed E-state index contributed by atoms with van der Waals surface area (Å²) < 4.78 is 49.5. The van der Waals surface area contributed by atoms with Crippen molar-refractivity contribution in [2.45, 2.75) is 57.9 Å². The predicted octanol–water partition coefficient (Wildman–Crippen LogP) is 6.91. The van der Waals surface area contributed by atoms with E-state index in [2.05, 4.69) is 5.32 Å². The minimum atomic E-state index is -4.15. The molecular weight excluding hydrogens is 579 g/mol. The van der Waals surface area contributed by atoms with Gasteiger partial charge < -0.3 is 10.1 Å². The van der Waals surface area contributed by atoms with Gasteiger partial charge in [-0.05, 0) is 105 Å². The third-order valence-corrected chi connectivity index (χ3v) is 9.72. The maximum absolute atomic E-state index is 14.9. The van der Waals surface area contributed by atoms with Crippen molar-refractivity contribution in [3.05, 3.63) is 93.8 Å². The molecule has 1 N–H and O–H groups in total. The molecule has 0 atom stereocenters. The number of nitrogens with one attached hydrogen (secondary N) is 1. The number of nitrogens with zero attached hydrogens (tertiary/aromatic N) is 1. The summed E-state index contributed by atoms with van der Waals surface area (Å²) in [5, 5.41) is 3.24. The zero-order chi connectivity index (χ0) is 30.4. The van der Waals surface area contributed by atoms with E-state index >= 15 is 0 Å². The highest BCUT2D eigenvalue weighted by molar-refractivity contribution is 7.89. The fraction of sp³-hybridized carbons (Fsp3) is 0.375. The number of benzene rings is 3. The van der Waals surface area contributed by atoms with Crippen molar-refractivity contribution in [3.63, 3.8) is 0 Å². The van der Waals surface area contributed by atoms with Crippen molar-refractivity contribution < 1.29 is 27.1 Å². The molecule has 1 aliphatic rings. The van der Waals surface area contributed by atoms with Crippen LogP contribution in [0.3, 0.4) is 0 Å². The quantitative estimate of drug-likeness (QED) is 0.251. The summed E-state index contributed by atoms with van der Waals surface area (Å²) in [7, 11) is -4.15. The van der Waals surface area contributed by atoms with Crippen LogP contribution in [0.1, 0.15) is 59.7 Å². The molecule has 1 amide bonds. The van der Waals surface area contributed by atoms with E-state index in [-0.39, 0.29) is 41.4 Å². The van der Waals surface area contributed by atoms with Crippen LogP contribution in [0.15, 0.2) is 65.6 Å². The van der Waals surface area contributed by atoms with Crippen LogP contribution in [-0.4, -0.2) is 37.8 Å². The zero-order valence-corrected chi connectivity index (χ0v) is 25.6. The Balaban J connectivity index is 1.60. The van der Waals surface area contributed by atoms with E-state index in [1.54, 1.807) is 37.3 Å². The lowest BCUT2D eigenvalue weighted by Crippen LogP contribution is -2.37. The molecule has 7 nitrogen and oxygen atoms in total. The smallest absolute Gasteiger partial charge is 0.308 e. The number of carbonyl (C=O) groups is 2. The number of anilines is 1. The minimum absolute atomic E-state index is 0.0188. The van der Waals surface area contributed by atoms with Gasteiger partial charge in [-0.1, -0.05) is 35.9 Å². The van der Waals surface area contributed by atoms with E-state index in [0.717, 1.165) is 28.8 Å². The number of hydrogen-bond acceptors (Lipinski definition) is 5. The molecule has 3 aromatic carbocycles. The van der Waals surface area contributed by atoms with Crippen LogP contribution in [0.2, 0.25) is 5.02 Å². The highest BCUT2D eigenvalue weighted by Gasteiger charge is 2.33. The molecule has 3 aromatic rings. The SMILES string of the molecule is CCOC(=O)C1CCC(CN(Cc2ccc(Cl)cc2)S(=O)(=O)c2ccc(F)c(C(=O)Nc3cc(C)ccc3C)c2)CC1. The van der Waals surface area contributed by atoms with Crippen molar-refractivity contribution >= 4 is 39.2 Å². The second-order valence-electron chi connectivity index (χ2n) is 10.8. The molecule has 4 rings (SSSR count). The molecule has 0 radical (unpaired) electrons. The maximum Gasteiger partial charge on any atom is 0.308 e. The lowest BCUT2D eigenvalue weighted by molar-refractivity contribution is -0.149. The number of sulfonamides is 1. The number of esters is 1. The number of carbonyl (C=O) groups excluding carboxylic acids is 2. The summed E-state index contributed by atoms with van der Waals surface area (Å²) in [6, 6.07) is 15.7. The molecule has 1 saturated carbocycles. The van der Waals surface area contributed by atoms with Crippen molar-refractivity contribution in [1.82, 2.24) is 4.31 Å². The Morgan fingerprint density at radius 1 is 1.00 bits per heavy atom. The van der Waals surface area contributed by atoms with Crippen LogP contribution in [0.5, 0.6) is 0 Å². The zero-order valence-electron chi connectivity index (χ0n) is 24.0. The first-order valence-electron chi connectivity index (χ1n) is 14.1. The van der Waals surface area contributed by atoms with Crippen LogP contribution >= 0.6 is 11.6 Å². The van der Waals surface area contributed by atoms with Gasteiger partial charge in [0, 0.05) is 23.8 Å². The largest absolute Gasteiger partial charge is 0.466 e. The van der Waals surface area contributed by atoms with E-state index in [1.807, 2.05) is 26.0 Å². The summed E-state index contributed by atoms with van der Waals surface area (Å²) in [5.74, 6) is -1.93. The number of rotatable bonds is 10. The summed E-state index contributed by atoms with van der Waals surface area (Å²) in [6.45, 7) is 6.08. The number of halogens is 2. The summed E-state index contributed by atoms with van der Waals surface area (Å²) in [5.41, 5.74) is 2.61. The van der Waals surface area contributed by atoms with Gasteiger partial charge in [0.25, 0.3) is 5.91 Å². The Hall–Kier alpha value is -3.27. The monoisotopic (exact) mass is 614 g/mol. The lowest BCUT2D eigenvalue weighted by Gasteiger charge is -2.31. The fourth-order valence-corrected chi connectivity index (χ4v) is 6.88. The Morgan fingerprint density at radius 2 is 1.69 bits per heavy atom. The Labute approximate surface area is 252 Å². The molecule has 224 valence electrons. The molecule has 0 unspecified atom stereocenters. The van der Waals surface area contributed by atoms with Crippen molar-refractivity contribution in [1.29, 1.82) is 0 Å². The predicted molar refractivity (Wildman–Crippen MR) is 161 cm³/mol. The molecule has 10 heteroatoms. The molecule has 0 saturated heterocycles. The first kappa shape index (κ1) is 31.7. The molecule has 0 heterocycles. The fourth-order valence-electron chi connectivity index (χ4n) is 5.22. The highest BCUT2D eigenvalue weighted by Crippen LogP contribution is 2.32. The van der Waals surface area contributed by atoms with Gasteiger partial charge in [-0.15, -0.1) is 0 Å². The third kappa shape index (κ3) is 7.76. The first-order valence-corrected chi connectivity index (χ1v) is 15.9. The number of ether oxygens (including phenoxy) is 1. The molecule has 0 aliphatic heterocycles. The summed E-state index contributed by atoms with van der Waals surface area (Å²) >= 11 is 6.05. The van der Waals surface area contributed by atoms with Crippen LogP contribution in [0, 0.1) is 31.5 Å². The van der Waals surface area contributed by atoms with Gasteiger partial charge in [0.2, 0.25) is 10.0 Å². The van der Waals surface area contributed by atoms with Gasteiger partial charge in [0.15, 0.2) is 0 Å². The van der Waals surface area contributed by atoms with Gasteiger partial charge in [-0.3, -0.25) is 9.59 Å². The average Bonchev–Trinajstić information content (AvgIpc) is 2.96. The third-order valence-electron chi connectivity index (χ3n) is 7.66. The molecule has 1 fully saturated rings. The van der Waals surface area contributed by atoms with Crippen LogP contribution < -0.4 is 5.32 Å². The molecule has 0 bridgehead atoms. The van der Waals surface area contributed by atoms with Gasteiger partial charge in [0.1, 0.15) is 5.82 Å². The number of amides is 1. The number of aryl methyl sites for hydroxylation is 2. The standard InChI is InChI=1S/C32H36ClFN2O5S/c1-4-41-32(38)25-11-7-23(8-12-25)19-36(20-24-9-13-26(33)14-10-24)42(39,40)27-15-16-29(34)28(18-27)31(37)35-30-17-21(2)5-6-22(30)3/h5-6,9-10,13-18,23,25H,4,7-8,11-12,19-20H2,1-3H3,(H,35,37). The molecule has 42 heavy (non-hydrogen) atoms. The van der Waals surface area contributed by atoms with Crippen LogP contribution in [0.25, 0.3) is 0 Å². The summed E-state index contributed by atoms with van der Waals surface area (Å²) in [4.78, 5) is 25.1. The van der Waals surface area contributed by atoms with Crippen molar-refractivity contribution in [2.24, 2.45) is 11.8 Å². The Bertz CT molecular complexity index is 1540. The number of hydrogen-bond donors (Lipinski definition) is 1. The summed E-state index contributed by atoms with van der Waals surface area (Å²) in [6.07, 6.45) is 2.58. The highest BCUT2D eigenvalue weighted by atomic mass is 35.5. The van der Waals surface area contributed by atoms with Crippen LogP contribution in [-0.2, 0) is 26.1 Å². The maximum atomic E-state index is 14.9. The normalized spacial score (nSPS) is 17.2. The van der Waals surface area contributed by atoms with Crippen molar-refractivity contribution in [3.8, 4) is 0 Å². The molecule has 0 spiro atoms. The molecule has 0 aromatic heterocycles. The van der Waals surface area contributed by atoms with E-state index < -0.39 is 21.7 Å². The minimum Gasteiger partial charge on any atom is -0.466 e. The van der Waals surface area contributed by atoms with E-state index in [9.17, 15) is 22.4 Å². The molecular formula is C32H36ClFN2O5S. The van der Waals surface area contributed by atoms with E-state index in [4.69, 9.17) is 16.3 Å². The van der Waals surface area contributed by atoms with Gasteiger partial charge in [-0.25, -0.2) is 12.8 Å². The van der Waals surface area contributed by atoms with E-state index in [0.29, 0.717) is 43.0 Å². The van der Waals surface area contributed by atoms with Crippen molar-refractivity contribution in [2.75, 3.05) is 18.5 Å². The van der Waals surface area contributed by atoms with E-state index in [1.165, 1.54) is 10.4 Å². The Morgan fingerprint density at radius 3 is 2.36 bits per heavy atom. The Kier molecular flexibility index (Phi) is 10.4. The average molecular weight is 615 g/mol. The van der Waals surface area contributed by atoms with Gasteiger partial charge in [0.05, 0.1) is 23.0 Å². The van der Waals surface area contributed by atoms with Gasteiger partial charge in [-0.2, -0.15) is 4.31 Å². The molecule has 1 aliphatic carbocycles. The second kappa shape index (κ2) is 13.8. The first-order chi connectivity index (χ1) is 20.0. The lowest BCUT2D eigenvalue weighted by atomic mass is 9.82. The van der Waals surface area contributed by atoms with Crippen LogP contribution in [0.4, 0.5) is 10.1 Å². The second-order valence-corrected chi connectivity index (χ2v) is 13.2. The topological polar surface area (TPSA) is 92.8 Å². The van der Waals surface area contributed by atoms with Gasteiger partial charge >= 0.3 is 5.97 Å².